The third-order valence-corrected chi connectivity index (χ3v) is 3.15. The average molecular weight is 235 g/mol. The zero-order valence-corrected chi connectivity index (χ0v) is 10.1. The number of aromatic nitrogens is 1. The fraction of sp³-hybridized carbons (Fsp3) is 0.0625. The SMILES string of the molecule is Cc1cc2ccccn2c(=O)c1-c1ccccc1. The van der Waals surface area contributed by atoms with Gasteiger partial charge in [0.2, 0.25) is 0 Å². The molecule has 88 valence electrons. The molecule has 0 aliphatic heterocycles. The molecule has 0 aliphatic carbocycles. The second-order valence-corrected chi connectivity index (χ2v) is 4.37. The van der Waals surface area contributed by atoms with Crippen LogP contribution in [0.5, 0.6) is 0 Å². The van der Waals surface area contributed by atoms with Gasteiger partial charge in [-0.15, -0.1) is 0 Å². The van der Waals surface area contributed by atoms with E-state index < -0.39 is 0 Å². The highest BCUT2D eigenvalue weighted by Crippen LogP contribution is 2.20. The normalized spacial score (nSPS) is 10.7. The molecular formula is C16H13NO. The third-order valence-electron chi connectivity index (χ3n) is 3.15. The lowest BCUT2D eigenvalue weighted by molar-refractivity contribution is 1.09. The van der Waals surface area contributed by atoms with Crippen molar-refractivity contribution in [2.45, 2.75) is 6.92 Å². The molecule has 0 N–H and O–H groups in total. The number of hydrogen-bond donors (Lipinski definition) is 0. The monoisotopic (exact) mass is 235 g/mol. The number of benzene rings is 1. The molecule has 0 spiro atoms. The van der Waals surface area contributed by atoms with Gasteiger partial charge in [-0.2, -0.15) is 0 Å². The number of nitrogens with zero attached hydrogens (tertiary/aromatic N) is 1. The van der Waals surface area contributed by atoms with Gasteiger partial charge >= 0.3 is 0 Å². The maximum absolute atomic E-state index is 12.5. The van der Waals surface area contributed by atoms with Crippen molar-refractivity contribution < 1.29 is 0 Å². The van der Waals surface area contributed by atoms with E-state index in [1.54, 1.807) is 4.40 Å². The van der Waals surface area contributed by atoms with Crippen LogP contribution in [0, 0.1) is 6.92 Å². The Morgan fingerprint density at radius 3 is 2.44 bits per heavy atom. The van der Waals surface area contributed by atoms with Crippen molar-refractivity contribution in [3.05, 3.63) is 76.7 Å². The molecule has 0 amide bonds. The molecule has 2 nitrogen and oxygen atoms in total. The summed E-state index contributed by atoms with van der Waals surface area (Å²) in [5, 5.41) is 0. The Labute approximate surface area is 105 Å². The van der Waals surface area contributed by atoms with Crippen molar-refractivity contribution in [2.24, 2.45) is 0 Å². The molecule has 0 saturated carbocycles. The van der Waals surface area contributed by atoms with Crippen LogP contribution in [-0.2, 0) is 0 Å². The van der Waals surface area contributed by atoms with Crippen molar-refractivity contribution in [1.29, 1.82) is 0 Å². The molecule has 2 aromatic heterocycles. The van der Waals surface area contributed by atoms with Gasteiger partial charge in [-0.05, 0) is 36.2 Å². The average Bonchev–Trinajstić information content (AvgIpc) is 2.40. The summed E-state index contributed by atoms with van der Waals surface area (Å²) in [7, 11) is 0. The standard InChI is InChI=1S/C16H13NO/c1-12-11-14-9-5-6-10-17(14)16(18)15(12)13-7-3-2-4-8-13/h2-11H,1H3. The first kappa shape index (κ1) is 10.8. The number of rotatable bonds is 1. The van der Waals surface area contributed by atoms with Gasteiger partial charge in [0.1, 0.15) is 0 Å². The van der Waals surface area contributed by atoms with Gasteiger partial charge in [0, 0.05) is 11.7 Å². The van der Waals surface area contributed by atoms with Crippen LogP contribution in [0.3, 0.4) is 0 Å². The van der Waals surface area contributed by atoms with Gasteiger partial charge in [-0.25, -0.2) is 0 Å². The first-order chi connectivity index (χ1) is 8.77. The Morgan fingerprint density at radius 1 is 0.944 bits per heavy atom. The summed E-state index contributed by atoms with van der Waals surface area (Å²) in [5.41, 5.74) is 3.73. The van der Waals surface area contributed by atoms with Crippen molar-refractivity contribution >= 4 is 5.52 Å². The topological polar surface area (TPSA) is 21.5 Å². The van der Waals surface area contributed by atoms with Crippen molar-refractivity contribution in [3.63, 3.8) is 0 Å². The Morgan fingerprint density at radius 2 is 1.67 bits per heavy atom. The maximum Gasteiger partial charge on any atom is 0.263 e. The zero-order valence-electron chi connectivity index (χ0n) is 10.1. The van der Waals surface area contributed by atoms with Gasteiger partial charge in [-0.3, -0.25) is 9.20 Å². The second kappa shape index (κ2) is 4.15. The third kappa shape index (κ3) is 1.63. The largest absolute Gasteiger partial charge is 0.284 e. The van der Waals surface area contributed by atoms with E-state index in [4.69, 9.17) is 0 Å². The molecular weight excluding hydrogens is 222 g/mol. The molecule has 2 heterocycles. The summed E-state index contributed by atoms with van der Waals surface area (Å²) in [6.07, 6.45) is 1.81. The molecule has 1 aromatic carbocycles. The van der Waals surface area contributed by atoms with Crippen LogP contribution in [0.25, 0.3) is 16.6 Å². The lowest BCUT2D eigenvalue weighted by atomic mass is 10.0. The van der Waals surface area contributed by atoms with E-state index in [0.717, 1.165) is 22.2 Å². The Kier molecular flexibility index (Phi) is 2.49. The molecule has 0 atom stereocenters. The summed E-state index contributed by atoms with van der Waals surface area (Å²) in [6, 6.07) is 17.6. The van der Waals surface area contributed by atoms with Gasteiger partial charge in [0.25, 0.3) is 5.56 Å². The number of pyridine rings is 2. The predicted molar refractivity (Wildman–Crippen MR) is 73.8 cm³/mol. The van der Waals surface area contributed by atoms with Gasteiger partial charge < -0.3 is 0 Å². The van der Waals surface area contributed by atoms with Crippen LogP contribution in [0.2, 0.25) is 0 Å². The fourth-order valence-electron chi connectivity index (χ4n) is 2.30. The number of hydrogen-bond acceptors (Lipinski definition) is 1. The van der Waals surface area contributed by atoms with Crippen molar-refractivity contribution in [1.82, 2.24) is 4.40 Å². The molecule has 3 rings (SSSR count). The van der Waals surface area contributed by atoms with E-state index in [1.807, 2.05) is 67.7 Å². The summed E-state index contributed by atoms with van der Waals surface area (Å²) >= 11 is 0. The Hall–Kier alpha value is -2.35. The van der Waals surface area contributed by atoms with Crippen LogP contribution in [0.1, 0.15) is 5.56 Å². The summed E-state index contributed by atoms with van der Waals surface area (Å²) in [5.74, 6) is 0. The van der Waals surface area contributed by atoms with E-state index in [9.17, 15) is 4.79 Å². The minimum Gasteiger partial charge on any atom is -0.284 e. The first-order valence-electron chi connectivity index (χ1n) is 5.94. The van der Waals surface area contributed by atoms with Gasteiger partial charge in [-0.1, -0.05) is 36.4 Å². The van der Waals surface area contributed by atoms with Crippen LogP contribution < -0.4 is 5.56 Å². The van der Waals surface area contributed by atoms with Crippen LogP contribution >= 0.6 is 0 Å². The first-order valence-corrected chi connectivity index (χ1v) is 5.94. The van der Waals surface area contributed by atoms with Gasteiger partial charge in [0.05, 0.1) is 5.56 Å². The van der Waals surface area contributed by atoms with Gasteiger partial charge in [0.15, 0.2) is 0 Å². The molecule has 0 aliphatic rings. The number of fused-ring (bicyclic) bond motifs is 1. The fourth-order valence-corrected chi connectivity index (χ4v) is 2.30. The minimum atomic E-state index is 0.0387. The molecule has 18 heavy (non-hydrogen) atoms. The molecule has 0 bridgehead atoms. The Balaban J connectivity index is 2.41. The molecule has 2 heteroatoms. The highest BCUT2D eigenvalue weighted by atomic mass is 16.1. The lowest BCUT2D eigenvalue weighted by Crippen LogP contribution is -2.16. The zero-order chi connectivity index (χ0) is 12.5. The van der Waals surface area contributed by atoms with Crippen LogP contribution in [0.15, 0.2) is 65.6 Å². The van der Waals surface area contributed by atoms with E-state index in [0.29, 0.717) is 0 Å². The quantitative estimate of drug-likeness (QED) is 0.634. The van der Waals surface area contributed by atoms with Crippen molar-refractivity contribution in [2.75, 3.05) is 0 Å². The van der Waals surface area contributed by atoms with Crippen LogP contribution in [0.4, 0.5) is 0 Å². The van der Waals surface area contributed by atoms with Crippen molar-refractivity contribution in [3.8, 4) is 11.1 Å². The molecule has 0 saturated heterocycles. The highest BCUT2D eigenvalue weighted by molar-refractivity contribution is 5.69. The van der Waals surface area contributed by atoms with E-state index in [-0.39, 0.29) is 5.56 Å². The van der Waals surface area contributed by atoms with E-state index in [1.165, 1.54) is 0 Å². The molecule has 0 unspecified atom stereocenters. The highest BCUT2D eigenvalue weighted by Gasteiger charge is 2.09. The van der Waals surface area contributed by atoms with E-state index in [2.05, 4.69) is 0 Å². The van der Waals surface area contributed by atoms with E-state index >= 15 is 0 Å². The second-order valence-electron chi connectivity index (χ2n) is 4.37. The Bertz CT molecular complexity index is 757. The minimum absolute atomic E-state index is 0.0387. The van der Waals surface area contributed by atoms with Crippen LogP contribution in [-0.4, -0.2) is 4.40 Å². The molecule has 0 radical (unpaired) electrons. The summed E-state index contributed by atoms with van der Waals surface area (Å²) in [6.45, 7) is 1.98. The lowest BCUT2D eigenvalue weighted by Gasteiger charge is -2.08. The maximum atomic E-state index is 12.5. The smallest absolute Gasteiger partial charge is 0.263 e. The number of aryl methyl sites for hydroxylation is 1. The summed E-state index contributed by atoms with van der Waals surface area (Å²) in [4.78, 5) is 12.5. The summed E-state index contributed by atoms with van der Waals surface area (Å²) < 4.78 is 1.69. The molecule has 3 aromatic rings. The molecule has 0 fully saturated rings. The predicted octanol–water partition coefficient (Wildman–Crippen LogP) is 3.27.